The average Bonchev–Trinajstić information content (AvgIpc) is 3.26. The topological polar surface area (TPSA) is 97.3 Å². The van der Waals surface area contributed by atoms with E-state index in [0.717, 1.165) is 38.8 Å². The molecule has 2 aromatic heterocycles. The van der Waals surface area contributed by atoms with Crippen molar-refractivity contribution in [2.75, 3.05) is 43.1 Å². The monoisotopic (exact) mass is 455 g/mol. The third-order valence-electron chi connectivity index (χ3n) is 6.44. The van der Waals surface area contributed by atoms with E-state index in [1.165, 1.54) is 6.20 Å². The number of aromatic nitrogens is 3. The Morgan fingerprint density at radius 1 is 1.27 bits per heavy atom. The van der Waals surface area contributed by atoms with Crippen molar-refractivity contribution in [1.82, 2.24) is 19.9 Å². The van der Waals surface area contributed by atoms with Crippen molar-refractivity contribution in [1.29, 1.82) is 0 Å². The molecule has 0 bridgehead atoms. The Labute approximate surface area is 179 Å². The van der Waals surface area contributed by atoms with Crippen molar-refractivity contribution in [3.8, 4) is 6.01 Å². The van der Waals surface area contributed by atoms with Crippen LogP contribution in [-0.4, -0.2) is 71.6 Å². The first-order valence-electron chi connectivity index (χ1n) is 10.2. The highest BCUT2D eigenvalue weighted by Crippen LogP contribution is 2.39. The minimum absolute atomic E-state index is 0.00100. The number of fused-ring (bicyclic) bond motifs is 2. The van der Waals surface area contributed by atoms with Crippen molar-refractivity contribution in [3.05, 3.63) is 17.2 Å². The van der Waals surface area contributed by atoms with Crippen LogP contribution < -0.4 is 10.1 Å². The number of hydrogen-bond acceptors (Lipinski definition) is 8. The molecule has 3 aliphatic rings. The molecule has 5 heterocycles. The molecule has 8 nitrogen and oxygen atoms in total. The molecule has 0 atom stereocenters. The second-order valence-corrected chi connectivity index (χ2v) is 11.0. The summed E-state index contributed by atoms with van der Waals surface area (Å²) in [6, 6.07) is 0.0838. The fourth-order valence-corrected chi connectivity index (χ4v) is 6.61. The highest BCUT2D eigenvalue weighted by molar-refractivity contribution is 7.92. The Kier molecular flexibility index (Phi) is 4.98. The second-order valence-electron chi connectivity index (χ2n) is 8.51. The van der Waals surface area contributed by atoms with E-state index in [2.05, 4.69) is 25.2 Å². The van der Waals surface area contributed by atoms with E-state index in [0.29, 0.717) is 24.4 Å². The van der Waals surface area contributed by atoms with Gasteiger partial charge < -0.3 is 10.1 Å². The molecule has 3 aliphatic heterocycles. The zero-order valence-corrected chi connectivity index (χ0v) is 18.0. The smallest absolute Gasteiger partial charge is 0.319 e. The Morgan fingerprint density at radius 3 is 2.70 bits per heavy atom. The van der Waals surface area contributed by atoms with Gasteiger partial charge in [-0.2, -0.15) is 9.97 Å². The number of pyridine rings is 1. The predicted molar refractivity (Wildman–Crippen MR) is 111 cm³/mol. The molecule has 3 fully saturated rings. The lowest BCUT2D eigenvalue weighted by molar-refractivity contribution is 0.108. The van der Waals surface area contributed by atoms with Gasteiger partial charge in [0.05, 0.1) is 22.4 Å². The molecule has 0 aliphatic carbocycles. The summed E-state index contributed by atoms with van der Waals surface area (Å²) < 4.78 is 43.4. The van der Waals surface area contributed by atoms with Crippen molar-refractivity contribution in [3.63, 3.8) is 0 Å². The first-order valence-corrected chi connectivity index (χ1v) is 12.4. The summed E-state index contributed by atoms with van der Waals surface area (Å²) in [7, 11) is -2.92. The molecule has 0 saturated carbocycles. The summed E-state index contributed by atoms with van der Waals surface area (Å²) in [5, 5.41) is 3.25. The van der Waals surface area contributed by atoms with E-state index in [-0.39, 0.29) is 39.6 Å². The third-order valence-corrected chi connectivity index (χ3v) is 8.66. The van der Waals surface area contributed by atoms with Gasteiger partial charge in [-0.05, 0) is 38.8 Å². The van der Waals surface area contributed by atoms with Crippen LogP contribution in [-0.2, 0) is 9.84 Å². The normalized spacial score (nSPS) is 22.7. The molecule has 1 N–H and O–H groups in total. The summed E-state index contributed by atoms with van der Waals surface area (Å²) >= 11 is 5.85. The van der Waals surface area contributed by atoms with Crippen LogP contribution in [0.3, 0.4) is 0 Å². The highest BCUT2D eigenvalue weighted by atomic mass is 35.5. The average molecular weight is 456 g/mol. The van der Waals surface area contributed by atoms with Crippen molar-refractivity contribution in [2.45, 2.75) is 31.2 Å². The third kappa shape index (κ3) is 3.58. The Morgan fingerprint density at radius 2 is 2.00 bits per heavy atom. The number of hydrogen-bond donors (Lipinski definition) is 1. The van der Waals surface area contributed by atoms with Crippen molar-refractivity contribution in [2.24, 2.45) is 5.92 Å². The molecule has 2 aromatic rings. The van der Waals surface area contributed by atoms with Crippen LogP contribution >= 0.6 is 11.6 Å². The standard InChI is InChI=1S/C19H23ClFN5O3S/c20-16-14(21)15-13(8-22-16)17(23-7-12-9-30(27,28)10-12)25-18(24-15)29-11-19-3-1-5-26(19)6-2-4-19/h8,12H,1-7,9-11H2,(H,23,24,25). The minimum atomic E-state index is -2.92. The lowest BCUT2D eigenvalue weighted by Crippen LogP contribution is -2.43. The second kappa shape index (κ2) is 7.42. The van der Waals surface area contributed by atoms with E-state index in [1.807, 2.05) is 0 Å². The maximum atomic E-state index is 14.6. The van der Waals surface area contributed by atoms with Crippen LogP contribution in [0.4, 0.5) is 10.2 Å². The van der Waals surface area contributed by atoms with Crippen LogP contribution in [0.2, 0.25) is 5.15 Å². The molecule has 0 amide bonds. The largest absolute Gasteiger partial charge is 0.461 e. The summed E-state index contributed by atoms with van der Waals surface area (Å²) in [4.78, 5) is 15.0. The highest BCUT2D eigenvalue weighted by Gasteiger charge is 2.45. The van der Waals surface area contributed by atoms with Gasteiger partial charge in [-0.15, -0.1) is 0 Å². The zero-order valence-electron chi connectivity index (χ0n) is 16.4. The van der Waals surface area contributed by atoms with E-state index in [1.54, 1.807) is 0 Å². The molecule has 30 heavy (non-hydrogen) atoms. The fraction of sp³-hybridized carbons (Fsp3) is 0.632. The van der Waals surface area contributed by atoms with Gasteiger partial charge in [-0.25, -0.2) is 17.8 Å². The quantitative estimate of drug-likeness (QED) is 0.662. The maximum Gasteiger partial charge on any atom is 0.319 e. The van der Waals surface area contributed by atoms with Gasteiger partial charge in [0.25, 0.3) is 0 Å². The molecule has 0 radical (unpaired) electrons. The maximum absolute atomic E-state index is 14.6. The number of ether oxygens (including phenoxy) is 1. The minimum Gasteiger partial charge on any atom is -0.461 e. The summed E-state index contributed by atoms with van der Waals surface area (Å²) in [5.74, 6) is -0.0718. The van der Waals surface area contributed by atoms with Gasteiger partial charge in [0.1, 0.15) is 17.9 Å². The van der Waals surface area contributed by atoms with Crippen molar-refractivity contribution < 1.29 is 17.5 Å². The van der Waals surface area contributed by atoms with Gasteiger partial charge in [-0.3, -0.25) is 4.90 Å². The summed E-state index contributed by atoms with van der Waals surface area (Å²) in [6.45, 7) is 3.02. The van der Waals surface area contributed by atoms with E-state index in [9.17, 15) is 12.8 Å². The predicted octanol–water partition coefficient (Wildman–Crippen LogP) is 2.28. The number of nitrogens with zero attached hydrogens (tertiary/aromatic N) is 4. The van der Waals surface area contributed by atoms with Crippen molar-refractivity contribution >= 4 is 38.2 Å². The van der Waals surface area contributed by atoms with E-state index < -0.39 is 15.7 Å². The molecule has 0 aromatic carbocycles. The number of sulfone groups is 1. The van der Waals surface area contributed by atoms with Gasteiger partial charge in [0.15, 0.2) is 20.8 Å². The molecule has 162 valence electrons. The Balaban J connectivity index is 1.41. The van der Waals surface area contributed by atoms with Gasteiger partial charge in [0.2, 0.25) is 0 Å². The van der Waals surface area contributed by atoms with Crippen LogP contribution in [0.25, 0.3) is 10.9 Å². The SMILES string of the molecule is O=S1(=O)CC(CNc2nc(OCC34CCCN3CCC4)nc3c(F)c(Cl)ncc23)C1. The first kappa shape index (κ1) is 20.1. The number of anilines is 1. The fourth-order valence-electron chi connectivity index (χ4n) is 4.90. The number of rotatable bonds is 6. The first-order chi connectivity index (χ1) is 14.4. The molecular weight excluding hydrogens is 433 g/mol. The Hall–Kier alpha value is -1.78. The molecule has 5 rings (SSSR count). The van der Waals surface area contributed by atoms with E-state index in [4.69, 9.17) is 16.3 Å². The molecule has 0 unspecified atom stereocenters. The van der Waals surface area contributed by atoms with Crippen LogP contribution in [0, 0.1) is 11.7 Å². The van der Waals surface area contributed by atoms with Crippen LogP contribution in [0.15, 0.2) is 6.20 Å². The molecule has 11 heteroatoms. The lowest BCUT2D eigenvalue weighted by atomic mass is 9.95. The number of nitrogens with one attached hydrogen (secondary N) is 1. The van der Waals surface area contributed by atoms with Gasteiger partial charge in [-0.1, -0.05) is 11.6 Å². The van der Waals surface area contributed by atoms with E-state index >= 15 is 0 Å². The lowest BCUT2D eigenvalue weighted by Gasteiger charge is -2.31. The zero-order chi connectivity index (χ0) is 20.9. The van der Waals surface area contributed by atoms with Gasteiger partial charge in [0, 0.05) is 18.7 Å². The Bertz CT molecular complexity index is 1080. The molecule has 3 saturated heterocycles. The van der Waals surface area contributed by atoms with Gasteiger partial charge >= 0.3 is 6.01 Å². The number of halogens is 2. The molecular formula is C19H23ClFN5O3S. The molecule has 0 spiro atoms. The van der Waals surface area contributed by atoms with Crippen LogP contribution in [0.5, 0.6) is 6.01 Å². The summed E-state index contributed by atoms with van der Waals surface area (Å²) in [6.07, 6.45) is 5.86. The summed E-state index contributed by atoms with van der Waals surface area (Å²) in [5.41, 5.74) is 0.0524. The van der Waals surface area contributed by atoms with Crippen LogP contribution in [0.1, 0.15) is 25.7 Å².